The van der Waals surface area contributed by atoms with Gasteiger partial charge in [-0.15, -0.1) is 11.8 Å². The fourth-order valence-corrected chi connectivity index (χ4v) is 7.58. The molecule has 3 aromatic rings. The van der Waals surface area contributed by atoms with Crippen molar-refractivity contribution >= 4 is 43.4 Å². The summed E-state index contributed by atoms with van der Waals surface area (Å²) in [5.74, 6) is -0.0206. The van der Waals surface area contributed by atoms with Crippen molar-refractivity contribution in [3.63, 3.8) is 0 Å². The van der Waals surface area contributed by atoms with Crippen LogP contribution in [0, 0.1) is 6.92 Å². The van der Waals surface area contributed by atoms with Gasteiger partial charge in [-0.1, -0.05) is 17.7 Å². The Bertz CT molecular complexity index is 1500. The van der Waals surface area contributed by atoms with Crippen molar-refractivity contribution in [1.82, 2.24) is 9.62 Å². The lowest BCUT2D eigenvalue weighted by Crippen LogP contribution is -2.41. The van der Waals surface area contributed by atoms with Crippen LogP contribution in [0.2, 0.25) is 0 Å². The third kappa shape index (κ3) is 7.17. The first-order chi connectivity index (χ1) is 19.1. The average Bonchev–Trinajstić information content (AvgIpc) is 3.51. The SMILES string of the molecule is CSc1ccc(S(=O)(=O)N(CC(=O)NCCOc2ccc(S(=O)(=O)N3CCCC3)cc2)c2ccc(C)cc2)cc1. The highest BCUT2D eigenvalue weighted by Gasteiger charge is 2.28. The number of thioether (sulfide) groups is 1. The third-order valence-corrected chi connectivity index (χ3v) is 10.9. The molecule has 0 saturated carbocycles. The molecular weight excluding hydrogens is 571 g/mol. The van der Waals surface area contributed by atoms with E-state index in [-0.39, 0.29) is 22.9 Å². The Kier molecular flexibility index (Phi) is 9.77. The van der Waals surface area contributed by atoms with Crippen molar-refractivity contribution in [1.29, 1.82) is 0 Å². The van der Waals surface area contributed by atoms with Crippen molar-refractivity contribution in [2.45, 2.75) is 34.5 Å². The first-order valence-corrected chi connectivity index (χ1v) is 16.9. The van der Waals surface area contributed by atoms with Gasteiger partial charge in [0.1, 0.15) is 18.9 Å². The van der Waals surface area contributed by atoms with Gasteiger partial charge in [0.25, 0.3) is 10.0 Å². The molecule has 1 heterocycles. The van der Waals surface area contributed by atoms with Gasteiger partial charge < -0.3 is 10.1 Å². The number of sulfonamides is 2. The van der Waals surface area contributed by atoms with E-state index in [1.165, 1.54) is 40.3 Å². The van der Waals surface area contributed by atoms with Crippen LogP contribution >= 0.6 is 11.8 Å². The highest BCUT2D eigenvalue weighted by molar-refractivity contribution is 7.98. The van der Waals surface area contributed by atoms with Gasteiger partial charge in [-0.2, -0.15) is 4.31 Å². The minimum atomic E-state index is -4.00. The van der Waals surface area contributed by atoms with E-state index in [1.54, 1.807) is 48.5 Å². The van der Waals surface area contributed by atoms with Gasteiger partial charge in [0.2, 0.25) is 15.9 Å². The van der Waals surface area contributed by atoms with E-state index in [1.807, 2.05) is 13.2 Å². The highest BCUT2D eigenvalue weighted by Crippen LogP contribution is 2.26. The molecule has 9 nitrogen and oxygen atoms in total. The second-order valence-corrected chi connectivity index (χ2v) is 14.0. The molecule has 0 spiro atoms. The fourth-order valence-electron chi connectivity index (χ4n) is 4.23. The summed E-state index contributed by atoms with van der Waals surface area (Å²) in [6.45, 7) is 2.82. The predicted octanol–water partition coefficient (Wildman–Crippen LogP) is 3.89. The topological polar surface area (TPSA) is 113 Å². The van der Waals surface area contributed by atoms with Gasteiger partial charge in [-0.25, -0.2) is 16.8 Å². The van der Waals surface area contributed by atoms with Crippen molar-refractivity contribution < 1.29 is 26.4 Å². The molecule has 0 aromatic heterocycles. The fraction of sp³-hybridized carbons (Fsp3) is 0.321. The Labute approximate surface area is 240 Å². The first kappa shape index (κ1) is 29.9. The average molecular weight is 604 g/mol. The first-order valence-electron chi connectivity index (χ1n) is 12.8. The van der Waals surface area contributed by atoms with E-state index in [4.69, 9.17) is 4.74 Å². The third-order valence-electron chi connectivity index (χ3n) is 6.48. The molecule has 1 amide bonds. The molecule has 0 radical (unpaired) electrons. The number of benzene rings is 3. The molecule has 1 N–H and O–H groups in total. The summed E-state index contributed by atoms with van der Waals surface area (Å²) in [7, 11) is -7.50. The lowest BCUT2D eigenvalue weighted by molar-refractivity contribution is -0.119. The molecule has 40 heavy (non-hydrogen) atoms. The molecule has 3 aromatic carbocycles. The second-order valence-electron chi connectivity index (χ2n) is 9.30. The largest absolute Gasteiger partial charge is 0.492 e. The van der Waals surface area contributed by atoms with Gasteiger partial charge in [0, 0.05) is 18.0 Å². The van der Waals surface area contributed by atoms with Crippen molar-refractivity contribution in [3.8, 4) is 5.75 Å². The van der Waals surface area contributed by atoms with Crippen LogP contribution in [0.5, 0.6) is 5.75 Å². The Balaban J connectivity index is 1.36. The monoisotopic (exact) mass is 603 g/mol. The molecule has 0 atom stereocenters. The van der Waals surface area contributed by atoms with Gasteiger partial charge in [0.15, 0.2) is 0 Å². The summed E-state index contributed by atoms with van der Waals surface area (Å²) in [6.07, 6.45) is 3.64. The smallest absolute Gasteiger partial charge is 0.264 e. The molecule has 1 aliphatic heterocycles. The summed E-state index contributed by atoms with van der Waals surface area (Å²) >= 11 is 1.51. The normalized spacial score (nSPS) is 14.2. The number of rotatable bonds is 12. The number of nitrogens with zero attached hydrogens (tertiary/aromatic N) is 2. The van der Waals surface area contributed by atoms with Crippen LogP contribution in [-0.2, 0) is 24.8 Å². The number of hydrogen-bond donors (Lipinski definition) is 1. The molecule has 1 aliphatic rings. The van der Waals surface area contributed by atoms with E-state index < -0.39 is 32.5 Å². The zero-order valence-corrected chi connectivity index (χ0v) is 24.9. The molecule has 1 fully saturated rings. The summed E-state index contributed by atoms with van der Waals surface area (Å²) < 4.78 is 60.6. The van der Waals surface area contributed by atoms with Crippen LogP contribution < -0.4 is 14.4 Å². The molecule has 214 valence electrons. The number of carbonyl (C=O) groups excluding carboxylic acids is 1. The number of ether oxygens (including phenoxy) is 1. The zero-order chi connectivity index (χ0) is 28.8. The quantitative estimate of drug-likeness (QED) is 0.247. The summed E-state index contributed by atoms with van der Waals surface area (Å²) in [5.41, 5.74) is 1.35. The van der Waals surface area contributed by atoms with Crippen molar-refractivity contribution in [2.75, 3.05) is 43.3 Å². The summed E-state index contributed by atoms with van der Waals surface area (Å²) in [5, 5.41) is 2.70. The molecule has 0 bridgehead atoms. The number of nitrogens with one attached hydrogen (secondary N) is 1. The maximum atomic E-state index is 13.5. The van der Waals surface area contributed by atoms with E-state index in [0.29, 0.717) is 24.5 Å². The molecule has 12 heteroatoms. The van der Waals surface area contributed by atoms with E-state index >= 15 is 0 Å². The van der Waals surface area contributed by atoms with E-state index in [2.05, 4.69) is 5.32 Å². The number of anilines is 1. The minimum Gasteiger partial charge on any atom is -0.492 e. The predicted molar refractivity (Wildman–Crippen MR) is 157 cm³/mol. The number of hydrogen-bond acceptors (Lipinski definition) is 7. The van der Waals surface area contributed by atoms with Crippen LogP contribution in [0.1, 0.15) is 18.4 Å². The van der Waals surface area contributed by atoms with Gasteiger partial charge >= 0.3 is 0 Å². The molecule has 4 rings (SSSR count). The Morgan fingerprint density at radius 2 is 1.50 bits per heavy atom. The Morgan fingerprint density at radius 3 is 2.10 bits per heavy atom. The number of carbonyl (C=O) groups is 1. The van der Waals surface area contributed by atoms with Gasteiger partial charge in [-0.05, 0) is 86.7 Å². The van der Waals surface area contributed by atoms with Crippen LogP contribution in [0.3, 0.4) is 0 Å². The Hall–Kier alpha value is -3.06. The molecule has 0 unspecified atom stereocenters. The standard InChI is InChI=1S/C28H33N3O6S3/c1-22-5-7-23(8-6-22)31(40(35,36)27-15-11-25(38-2)12-16-27)21-28(32)29-17-20-37-24-9-13-26(14-10-24)39(33,34)30-18-3-4-19-30/h5-16H,3-4,17-21H2,1-2H3,(H,29,32). The zero-order valence-electron chi connectivity index (χ0n) is 22.4. The maximum absolute atomic E-state index is 13.5. The summed E-state index contributed by atoms with van der Waals surface area (Å²) in [6, 6.07) is 19.7. The molecule has 1 saturated heterocycles. The van der Waals surface area contributed by atoms with E-state index in [0.717, 1.165) is 27.6 Å². The van der Waals surface area contributed by atoms with E-state index in [9.17, 15) is 21.6 Å². The van der Waals surface area contributed by atoms with Crippen LogP contribution in [0.4, 0.5) is 5.69 Å². The van der Waals surface area contributed by atoms with Crippen molar-refractivity contribution in [2.24, 2.45) is 0 Å². The second kappa shape index (κ2) is 13.1. The lowest BCUT2D eigenvalue weighted by atomic mass is 10.2. The Morgan fingerprint density at radius 1 is 0.900 bits per heavy atom. The van der Waals surface area contributed by atoms with Crippen LogP contribution in [0.25, 0.3) is 0 Å². The number of amides is 1. The van der Waals surface area contributed by atoms with Crippen LogP contribution in [-0.4, -0.2) is 66.1 Å². The van der Waals surface area contributed by atoms with Gasteiger partial charge in [-0.3, -0.25) is 9.10 Å². The molecule has 0 aliphatic carbocycles. The maximum Gasteiger partial charge on any atom is 0.264 e. The summed E-state index contributed by atoms with van der Waals surface area (Å²) in [4.78, 5) is 14.1. The minimum absolute atomic E-state index is 0.0946. The number of aryl methyl sites for hydroxylation is 1. The van der Waals surface area contributed by atoms with Gasteiger partial charge in [0.05, 0.1) is 22.0 Å². The highest BCUT2D eigenvalue weighted by atomic mass is 32.2. The van der Waals surface area contributed by atoms with Crippen LogP contribution in [0.15, 0.2) is 87.5 Å². The van der Waals surface area contributed by atoms with Crippen molar-refractivity contribution in [3.05, 3.63) is 78.4 Å². The molecular formula is C28H33N3O6S3. The lowest BCUT2D eigenvalue weighted by Gasteiger charge is -2.24.